The van der Waals surface area contributed by atoms with E-state index in [1.165, 1.54) is 13.8 Å². The number of carboxylic acid groups (broad SMARTS) is 2. The summed E-state index contributed by atoms with van der Waals surface area (Å²) >= 11 is 0. The van der Waals surface area contributed by atoms with Gasteiger partial charge in [0.05, 0.1) is 18.6 Å². The van der Waals surface area contributed by atoms with Crippen molar-refractivity contribution >= 4 is 29.7 Å². The lowest BCUT2D eigenvalue weighted by Gasteiger charge is -2.25. The first-order valence-electron chi connectivity index (χ1n) is 8.57. The SMILES string of the molecule is CC(NC(=O)C(NC(=O)C(N)CC(=O)O)C(C)O)C(=O)NC(C(=O)O)C(C)C. The Morgan fingerprint density at radius 1 is 0.821 bits per heavy atom. The molecule has 0 aliphatic carbocycles. The Hall–Kier alpha value is -2.73. The van der Waals surface area contributed by atoms with Crippen LogP contribution in [0.25, 0.3) is 0 Å². The van der Waals surface area contributed by atoms with Gasteiger partial charge >= 0.3 is 11.9 Å². The fraction of sp³-hybridized carbons (Fsp3) is 0.688. The number of carbonyl (C=O) groups excluding carboxylic acids is 3. The number of rotatable bonds is 11. The fourth-order valence-electron chi connectivity index (χ4n) is 2.11. The van der Waals surface area contributed by atoms with Crippen molar-refractivity contribution in [3.8, 4) is 0 Å². The summed E-state index contributed by atoms with van der Waals surface area (Å²) in [7, 11) is 0. The van der Waals surface area contributed by atoms with Gasteiger partial charge in [-0.2, -0.15) is 0 Å². The molecule has 0 radical (unpaired) electrons. The number of hydrogen-bond donors (Lipinski definition) is 7. The summed E-state index contributed by atoms with van der Waals surface area (Å²) in [5.74, 6) is -5.61. The van der Waals surface area contributed by atoms with Crippen LogP contribution in [0.3, 0.4) is 0 Å². The molecule has 8 N–H and O–H groups in total. The monoisotopic (exact) mass is 404 g/mol. The summed E-state index contributed by atoms with van der Waals surface area (Å²) in [6, 6.07) is -5.26. The summed E-state index contributed by atoms with van der Waals surface area (Å²) in [6.45, 7) is 5.70. The van der Waals surface area contributed by atoms with Gasteiger partial charge in [-0.3, -0.25) is 19.2 Å². The summed E-state index contributed by atoms with van der Waals surface area (Å²) < 4.78 is 0. The second kappa shape index (κ2) is 11.2. The summed E-state index contributed by atoms with van der Waals surface area (Å²) in [5.41, 5.74) is 5.40. The molecule has 160 valence electrons. The van der Waals surface area contributed by atoms with Crippen LogP contribution in [0.4, 0.5) is 0 Å². The second-order valence-electron chi connectivity index (χ2n) is 6.73. The van der Waals surface area contributed by atoms with E-state index in [-0.39, 0.29) is 0 Å². The van der Waals surface area contributed by atoms with Crippen molar-refractivity contribution in [2.24, 2.45) is 11.7 Å². The number of nitrogens with two attached hydrogens (primary N) is 1. The maximum atomic E-state index is 12.3. The molecule has 0 aliphatic rings. The van der Waals surface area contributed by atoms with Gasteiger partial charge in [-0.15, -0.1) is 0 Å². The van der Waals surface area contributed by atoms with Gasteiger partial charge in [0, 0.05) is 0 Å². The second-order valence-corrected chi connectivity index (χ2v) is 6.73. The Bertz CT molecular complexity index is 607. The average Bonchev–Trinajstić information content (AvgIpc) is 2.54. The van der Waals surface area contributed by atoms with Crippen LogP contribution in [0.2, 0.25) is 0 Å². The first kappa shape index (κ1) is 25.3. The minimum atomic E-state index is -1.50. The van der Waals surface area contributed by atoms with E-state index in [0.717, 1.165) is 0 Å². The third-order valence-corrected chi connectivity index (χ3v) is 3.78. The molecule has 0 spiro atoms. The van der Waals surface area contributed by atoms with Crippen LogP contribution in [0.1, 0.15) is 34.1 Å². The number of nitrogens with one attached hydrogen (secondary N) is 3. The Morgan fingerprint density at radius 2 is 1.32 bits per heavy atom. The van der Waals surface area contributed by atoms with Gasteiger partial charge in [-0.1, -0.05) is 13.8 Å². The molecule has 5 atom stereocenters. The van der Waals surface area contributed by atoms with E-state index in [1.807, 2.05) is 0 Å². The number of aliphatic carboxylic acids is 2. The van der Waals surface area contributed by atoms with Gasteiger partial charge in [-0.25, -0.2) is 4.79 Å². The molecule has 0 aliphatic heterocycles. The normalized spacial score (nSPS) is 16.2. The van der Waals surface area contributed by atoms with Crippen LogP contribution < -0.4 is 21.7 Å². The quantitative estimate of drug-likeness (QED) is 0.192. The van der Waals surface area contributed by atoms with Crippen LogP contribution in [0.15, 0.2) is 0 Å². The van der Waals surface area contributed by atoms with Gasteiger partial charge in [0.2, 0.25) is 17.7 Å². The lowest BCUT2D eigenvalue weighted by molar-refractivity contribution is -0.143. The highest BCUT2D eigenvalue weighted by Gasteiger charge is 2.31. The average molecular weight is 404 g/mol. The molecule has 0 aromatic rings. The largest absolute Gasteiger partial charge is 0.481 e. The van der Waals surface area contributed by atoms with E-state index in [2.05, 4.69) is 16.0 Å². The Kier molecular flexibility index (Phi) is 10.1. The van der Waals surface area contributed by atoms with Crippen LogP contribution in [-0.2, 0) is 24.0 Å². The van der Waals surface area contributed by atoms with Gasteiger partial charge in [-0.05, 0) is 19.8 Å². The molecular weight excluding hydrogens is 376 g/mol. The number of amides is 3. The topological polar surface area (TPSA) is 208 Å². The van der Waals surface area contributed by atoms with Crippen LogP contribution >= 0.6 is 0 Å². The molecule has 3 amide bonds. The minimum Gasteiger partial charge on any atom is -0.481 e. The molecule has 0 heterocycles. The molecule has 5 unspecified atom stereocenters. The predicted octanol–water partition coefficient (Wildman–Crippen LogP) is -2.62. The fourth-order valence-corrected chi connectivity index (χ4v) is 2.11. The number of hydrogen-bond acceptors (Lipinski definition) is 7. The van der Waals surface area contributed by atoms with Crippen molar-refractivity contribution in [3.05, 3.63) is 0 Å². The van der Waals surface area contributed by atoms with Crippen LogP contribution in [-0.4, -0.2) is 75.3 Å². The van der Waals surface area contributed by atoms with E-state index in [9.17, 15) is 29.1 Å². The summed E-state index contributed by atoms with van der Waals surface area (Å²) in [5, 5.41) is 34.1. The molecule has 12 nitrogen and oxygen atoms in total. The van der Waals surface area contributed by atoms with Crippen molar-refractivity contribution in [2.75, 3.05) is 0 Å². The highest BCUT2D eigenvalue weighted by atomic mass is 16.4. The molecule has 0 fully saturated rings. The van der Waals surface area contributed by atoms with E-state index >= 15 is 0 Å². The number of aliphatic hydroxyl groups excluding tert-OH is 1. The van der Waals surface area contributed by atoms with E-state index in [4.69, 9.17) is 15.9 Å². The highest BCUT2D eigenvalue weighted by Crippen LogP contribution is 2.03. The molecule has 12 heteroatoms. The highest BCUT2D eigenvalue weighted by molar-refractivity contribution is 5.94. The van der Waals surface area contributed by atoms with E-state index in [1.54, 1.807) is 13.8 Å². The van der Waals surface area contributed by atoms with Crippen molar-refractivity contribution in [2.45, 2.75) is 64.4 Å². The Labute approximate surface area is 161 Å². The van der Waals surface area contributed by atoms with E-state index < -0.39 is 72.3 Å². The Balaban J connectivity index is 5.00. The molecular formula is C16H28N4O8. The molecule has 0 rings (SSSR count). The van der Waals surface area contributed by atoms with Gasteiger partial charge in [0.1, 0.15) is 18.1 Å². The smallest absolute Gasteiger partial charge is 0.326 e. The summed E-state index contributed by atoms with van der Waals surface area (Å²) in [6.07, 6.45) is -2.05. The summed E-state index contributed by atoms with van der Waals surface area (Å²) in [4.78, 5) is 58.0. The van der Waals surface area contributed by atoms with Gasteiger partial charge in [0.15, 0.2) is 0 Å². The van der Waals surface area contributed by atoms with Crippen molar-refractivity contribution < 1.29 is 39.3 Å². The first-order chi connectivity index (χ1) is 12.8. The molecule has 0 aromatic carbocycles. The van der Waals surface area contributed by atoms with Gasteiger partial charge in [0.25, 0.3) is 0 Å². The van der Waals surface area contributed by atoms with Crippen molar-refractivity contribution in [1.29, 1.82) is 0 Å². The van der Waals surface area contributed by atoms with Crippen molar-refractivity contribution in [1.82, 2.24) is 16.0 Å². The zero-order valence-corrected chi connectivity index (χ0v) is 16.1. The number of carboxylic acids is 2. The molecule has 0 saturated heterocycles. The third-order valence-electron chi connectivity index (χ3n) is 3.78. The molecule has 0 saturated carbocycles. The van der Waals surface area contributed by atoms with Crippen molar-refractivity contribution in [3.63, 3.8) is 0 Å². The minimum absolute atomic E-state index is 0.399. The maximum absolute atomic E-state index is 12.3. The molecule has 28 heavy (non-hydrogen) atoms. The standard InChI is InChI=1S/C16H28N4O8/c1-6(2)11(16(27)28)19-13(24)7(3)18-15(26)12(8(4)21)20-14(25)9(17)5-10(22)23/h6-9,11-12,21H,5,17H2,1-4H3,(H,18,26)(H,19,24)(H,20,25)(H,22,23)(H,27,28). The van der Waals surface area contributed by atoms with Crippen LogP contribution in [0.5, 0.6) is 0 Å². The Morgan fingerprint density at radius 3 is 1.71 bits per heavy atom. The van der Waals surface area contributed by atoms with Crippen LogP contribution in [0, 0.1) is 5.92 Å². The molecule has 0 aromatic heterocycles. The third kappa shape index (κ3) is 8.31. The zero-order valence-electron chi connectivity index (χ0n) is 16.1. The first-order valence-corrected chi connectivity index (χ1v) is 8.57. The zero-order chi connectivity index (χ0) is 22.2. The lowest BCUT2D eigenvalue weighted by atomic mass is 10.0. The number of aliphatic hydroxyl groups is 1. The van der Waals surface area contributed by atoms with E-state index in [0.29, 0.717) is 0 Å². The predicted molar refractivity (Wildman–Crippen MR) is 95.8 cm³/mol. The number of carbonyl (C=O) groups is 5. The van der Waals surface area contributed by atoms with Gasteiger partial charge < -0.3 is 37.0 Å². The lowest BCUT2D eigenvalue weighted by Crippen LogP contribution is -2.59. The molecule has 0 bridgehead atoms. The maximum Gasteiger partial charge on any atom is 0.326 e.